The van der Waals surface area contributed by atoms with Crippen molar-refractivity contribution in [1.29, 1.82) is 0 Å². The number of sulfonamides is 1. The number of hydrogen-bond acceptors (Lipinski definition) is 3. The fraction of sp³-hybridized carbons (Fsp3) is 0.100. The molecule has 8 heteroatoms. The molecule has 0 aliphatic rings. The number of aromatic amines is 1. The smallest absolute Gasteiger partial charge is 0.265 e. The van der Waals surface area contributed by atoms with E-state index in [1.807, 2.05) is 4.72 Å². The van der Waals surface area contributed by atoms with Crippen molar-refractivity contribution in [3.63, 3.8) is 0 Å². The normalized spacial score (nSPS) is 11.5. The van der Waals surface area contributed by atoms with Crippen molar-refractivity contribution in [1.82, 2.24) is 10.2 Å². The lowest BCUT2D eigenvalue weighted by Crippen LogP contribution is -2.14. The van der Waals surface area contributed by atoms with Gasteiger partial charge in [-0.1, -0.05) is 6.07 Å². The third-order valence-electron chi connectivity index (χ3n) is 2.27. The Morgan fingerprint density at radius 3 is 2.67 bits per heavy atom. The van der Waals surface area contributed by atoms with E-state index in [0.29, 0.717) is 5.69 Å². The number of H-pyrrole nitrogens is 1. The lowest BCUT2D eigenvalue weighted by Gasteiger charge is -2.08. The number of hydrogen-bond donors (Lipinski definition) is 2. The quantitative estimate of drug-likeness (QED) is 0.895. The van der Waals surface area contributed by atoms with Gasteiger partial charge >= 0.3 is 0 Å². The molecule has 18 heavy (non-hydrogen) atoms. The molecule has 1 heterocycles. The number of aryl methyl sites for hydroxylation is 1. The van der Waals surface area contributed by atoms with Crippen LogP contribution in [0.5, 0.6) is 0 Å². The van der Waals surface area contributed by atoms with E-state index in [4.69, 9.17) is 0 Å². The van der Waals surface area contributed by atoms with Gasteiger partial charge in [0.05, 0.1) is 17.6 Å². The van der Waals surface area contributed by atoms with Gasteiger partial charge in [-0.25, -0.2) is 17.2 Å². The highest BCUT2D eigenvalue weighted by molar-refractivity contribution is 7.92. The number of nitrogens with zero attached hydrogens (tertiary/aromatic N) is 1. The number of benzene rings is 1. The van der Waals surface area contributed by atoms with Crippen LogP contribution in [0.15, 0.2) is 29.3 Å². The van der Waals surface area contributed by atoms with E-state index < -0.39 is 27.3 Å². The predicted molar refractivity (Wildman–Crippen MR) is 60.5 cm³/mol. The minimum atomic E-state index is -3.99. The van der Waals surface area contributed by atoms with Gasteiger partial charge in [0.25, 0.3) is 10.0 Å². The molecule has 5 nitrogen and oxygen atoms in total. The Hall–Kier alpha value is -1.96. The molecule has 1 aromatic carbocycles. The third-order valence-corrected chi connectivity index (χ3v) is 3.75. The first kappa shape index (κ1) is 12.5. The van der Waals surface area contributed by atoms with Gasteiger partial charge in [0.1, 0.15) is 4.90 Å². The van der Waals surface area contributed by atoms with Crippen molar-refractivity contribution >= 4 is 15.7 Å². The van der Waals surface area contributed by atoms with Crippen LogP contribution in [0.4, 0.5) is 14.5 Å². The van der Waals surface area contributed by atoms with Crippen LogP contribution in [-0.4, -0.2) is 18.6 Å². The summed E-state index contributed by atoms with van der Waals surface area (Å²) in [6.07, 6.45) is 1.09. The van der Waals surface area contributed by atoms with Crippen molar-refractivity contribution in [3.8, 4) is 0 Å². The van der Waals surface area contributed by atoms with Gasteiger partial charge in [-0.15, -0.1) is 0 Å². The third kappa shape index (κ3) is 2.19. The van der Waals surface area contributed by atoms with Crippen LogP contribution in [-0.2, 0) is 10.0 Å². The molecule has 0 saturated heterocycles. The van der Waals surface area contributed by atoms with Crippen molar-refractivity contribution in [2.24, 2.45) is 0 Å². The molecule has 2 aromatic rings. The summed E-state index contributed by atoms with van der Waals surface area (Å²) in [5.74, 6) is -2.37. The summed E-state index contributed by atoms with van der Waals surface area (Å²) >= 11 is 0. The summed E-state index contributed by atoms with van der Waals surface area (Å²) in [4.78, 5) is -0.119. The van der Waals surface area contributed by atoms with Crippen LogP contribution in [0.1, 0.15) is 5.69 Å². The Balaban J connectivity index is 2.40. The molecule has 2 N–H and O–H groups in total. The topological polar surface area (TPSA) is 74.8 Å². The van der Waals surface area contributed by atoms with Gasteiger partial charge in [-0.05, 0) is 19.1 Å². The molecular formula is C10H9F2N3O2S. The average molecular weight is 273 g/mol. The number of halogens is 2. The molecule has 0 fully saturated rings. The molecule has 0 aliphatic heterocycles. The van der Waals surface area contributed by atoms with Gasteiger partial charge in [0.2, 0.25) is 0 Å². The maximum absolute atomic E-state index is 13.3. The summed E-state index contributed by atoms with van der Waals surface area (Å²) in [5.41, 5.74) is -0.144. The molecule has 96 valence electrons. The molecule has 0 aliphatic carbocycles. The molecule has 0 spiro atoms. The van der Waals surface area contributed by atoms with Crippen LogP contribution < -0.4 is 4.72 Å². The Bertz CT molecular complexity index is 682. The second-order valence-corrected chi connectivity index (χ2v) is 5.22. The lowest BCUT2D eigenvalue weighted by atomic mass is 10.3. The molecule has 0 amide bonds. The van der Waals surface area contributed by atoms with Gasteiger partial charge < -0.3 is 0 Å². The zero-order chi connectivity index (χ0) is 13.3. The SMILES string of the molecule is Cc1[nH]ncc1S(=O)(=O)Nc1cccc(F)c1F. The van der Waals surface area contributed by atoms with E-state index in [9.17, 15) is 17.2 Å². The average Bonchev–Trinajstić information content (AvgIpc) is 2.72. The minimum Gasteiger partial charge on any atom is -0.281 e. The summed E-state index contributed by atoms with van der Waals surface area (Å²) in [6, 6.07) is 3.24. The molecule has 0 radical (unpaired) electrons. The molecular weight excluding hydrogens is 264 g/mol. The van der Waals surface area contributed by atoms with E-state index in [-0.39, 0.29) is 4.90 Å². The van der Waals surface area contributed by atoms with Gasteiger partial charge in [-0.2, -0.15) is 5.10 Å². The second-order valence-electron chi connectivity index (χ2n) is 3.57. The van der Waals surface area contributed by atoms with Gasteiger partial charge in [-0.3, -0.25) is 9.82 Å². The van der Waals surface area contributed by atoms with E-state index in [1.165, 1.54) is 13.0 Å². The van der Waals surface area contributed by atoms with E-state index in [2.05, 4.69) is 10.2 Å². The van der Waals surface area contributed by atoms with Gasteiger partial charge in [0, 0.05) is 0 Å². The monoisotopic (exact) mass is 273 g/mol. The first-order valence-corrected chi connectivity index (χ1v) is 6.37. The summed E-state index contributed by atoms with van der Waals surface area (Å²) in [6.45, 7) is 1.50. The number of aromatic nitrogens is 2. The largest absolute Gasteiger partial charge is 0.281 e. The standard InChI is InChI=1S/C10H9F2N3O2S/c1-6-9(5-13-14-6)18(16,17)15-8-4-2-3-7(11)10(8)12/h2-5,15H,1H3,(H,13,14). The highest BCUT2D eigenvalue weighted by atomic mass is 32.2. The fourth-order valence-electron chi connectivity index (χ4n) is 1.39. The number of anilines is 1. The van der Waals surface area contributed by atoms with Crippen LogP contribution in [0, 0.1) is 18.6 Å². The predicted octanol–water partition coefficient (Wildman–Crippen LogP) is 1.80. The van der Waals surface area contributed by atoms with E-state index in [0.717, 1.165) is 18.3 Å². The summed E-state index contributed by atoms with van der Waals surface area (Å²) in [5, 5.41) is 6.01. The minimum absolute atomic E-state index is 0.119. The molecule has 2 rings (SSSR count). The maximum atomic E-state index is 13.3. The molecule has 0 bridgehead atoms. The zero-order valence-electron chi connectivity index (χ0n) is 9.24. The lowest BCUT2D eigenvalue weighted by molar-refractivity contribution is 0.511. The highest BCUT2D eigenvalue weighted by Gasteiger charge is 2.20. The first-order valence-electron chi connectivity index (χ1n) is 4.88. The van der Waals surface area contributed by atoms with Crippen molar-refractivity contribution < 1.29 is 17.2 Å². The molecule has 0 saturated carbocycles. The number of nitrogens with one attached hydrogen (secondary N) is 2. The zero-order valence-corrected chi connectivity index (χ0v) is 10.1. The van der Waals surface area contributed by atoms with Crippen LogP contribution in [0.25, 0.3) is 0 Å². The van der Waals surface area contributed by atoms with Crippen molar-refractivity contribution in [2.75, 3.05) is 4.72 Å². The fourth-order valence-corrected chi connectivity index (χ4v) is 2.59. The Morgan fingerprint density at radius 2 is 2.06 bits per heavy atom. The van der Waals surface area contributed by atoms with Crippen LogP contribution in [0.2, 0.25) is 0 Å². The first-order chi connectivity index (χ1) is 8.42. The second kappa shape index (κ2) is 4.37. The summed E-state index contributed by atoms with van der Waals surface area (Å²) in [7, 11) is -3.99. The van der Waals surface area contributed by atoms with Crippen molar-refractivity contribution in [3.05, 3.63) is 41.7 Å². The maximum Gasteiger partial charge on any atom is 0.265 e. The van der Waals surface area contributed by atoms with E-state index in [1.54, 1.807) is 0 Å². The van der Waals surface area contributed by atoms with Gasteiger partial charge in [0.15, 0.2) is 11.6 Å². The Kier molecular flexibility index (Phi) is 3.04. The molecule has 0 unspecified atom stereocenters. The van der Waals surface area contributed by atoms with Crippen molar-refractivity contribution in [2.45, 2.75) is 11.8 Å². The number of rotatable bonds is 3. The highest BCUT2D eigenvalue weighted by Crippen LogP contribution is 2.21. The summed E-state index contributed by atoms with van der Waals surface area (Å²) < 4.78 is 52.0. The molecule has 0 atom stereocenters. The van der Waals surface area contributed by atoms with E-state index >= 15 is 0 Å². The molecule has 1 aromatic heterocycles. The van der Waals surface area contributed by atoms with Crippen LogP contribution >= 0.6 is 0 Å². The Morgan fingerprint density at radius 1 is 1.33 bits per heavy atom. The Labute approximate surface area is 102 Å². The van der Waals surface area contributed by atoms with Crippen LogP contribution in [0.3, 0.4) is 0 Å².